The number of carbonyl (C=O) groups is 1. The van der Waals surface area contributed by atoms with Crippen molar-refractivity contribution in [2.75, 3.05) is 6.61 Å². The highest BCUT2D eigenvalue weighted by atomic mass is 35.5. The van der Waals surface area contributed by atoms with Gasteiger partial charge in [0.2, 0.25) is 0 Å². The number of rotatable bonds is 5. The summed E-state index contributed by atoms with van der Waals surface area (Å²) in [6.45, 7) is 4.33. The van der Waals surface area contributed by atoms with Gasteiger partial charge in [0.1, 0.15) is 5.75 Å². The molecule has 1 N–H and O–H groups in total. The minimum Gasteiger partial charge on any atom is -0.494 e. The van der Waals surface area contributed by atoms with E-state index in [1.54, 1.807) is 36.4 Å². The van der Waals surface area contributed by atoms with Gasteiger partial charge in [-0.25, -0.2) is 5.43 Å². The topological polar surface area (TPSA) is 50.7 Å². The van der Waals surface area contributed by atoms with E-state index in [9.17, 15) is 4.79 Å². The molecule has 0 atom stereocenters. The van der Waals surface area contributed by atoms with Crippen LogP contribution in [0.25, 0.3) is 0 Å². The van der Waals surface area contributed by atoms with Crippen LogP contribution in [0.1, 0.15) is 29.8 Å². The summed E-state index contributed by atoms with van der Waals surface area (Å²) in [4.78, 5) is 12.0. The van der Waals surface area contributed by atoms with E-state index in [1.807, 2.05) is 26.0 Å². The Labute approximate surface area is 134 Å². The van der Waals surface area contributed by atoms with E-state index in [0.717, 1.165) is 11.3 Å². The minimum atomic E-state index is -0.267. The van der Waals surface area contributed by atoms with Gasteiger partial charge in [-0.05, 0) is 55.8 Å². The number of benzene rings is 2. The van der Waals surface area contributed by atoms with Gasteiger partial charge in [-0.1, -0.05) is 23.7 Å². The Bertz CT molecular complexity index is 664. The molecule has 4 nitrogen and oxygen atoms in total. The van der Waals surface area contributed by atoms with E-state index in [0.29, 0.717) is 22.9 Å². The van der Waals surface area contributed by atoms with Crippen molar-refractivity contribution in [1.82, 2.24) is 5.43 Å². The van der Waals surface area contributed by atoms with E-state index < -0.39 is 0 Å². The minimum absolute atomic E-state index is 0.267. The highest BCUT2D eigenvalue weighted by Crippen LogP contribution is 2.12. The standard InChI is InChI=1S/C17H17ClN2O2/c1-3-22-16-10-6-14(7-11-16)17(21)20-19-12(2)13-4-8-15(18)9-5-13/h4-11H,3H2,1-2H3,(H,20,21)/b19-12+. The van der Waals surface area contributed by atoms with Crippen molar-refractivity contribution >= 4 is 23.2 Å². The molecule has 0 aliphatic heterocycles. The number of hydrazone groups is 1. The van der Waals surface area contributed by atoms with Gasteiger partial charge in [-0.3, -0.25) is 4.79 Å². The number of carbonyl (C=O) groups excluding carboxylic acids is 1. The molecule has 22 heavy (non-hydrogen) atoms. The molecule has 2 aromatic carbocycles. The first-order valence-electron chi connectivity index (χ1n) is 6.93. The van der Waals surface area contributed by atoms with Crippen LogP contribution in [0.4, 0.5) is 0 Å². The van der Waals surface area contributed by atoms with Crippen LogP contribution in [-0.4, -0.2) is 18.2 Å². The van der Waals surface area contributed by atoms with Crippen LogP contribution in [0.5, 0.6) is 5.75 Å². The van der Waals surface area contributed by atoms with Gasteiger partial charge in [0.15, 0.2) is 0 Å². The number of ether oxygens (including phenoxy) is 1. The molecule has 0 aromatic heterocycles. The van der Waals surface area contributed by atoms with Crippen LogP contribution in [0.15, 0.2) is 53.6 Å². The summed E-state index contributed by atoms with van der Waals surface area (Å²) >= 11 is 5.84. The van der Waals surface area contributed by atoms with Gasteiger partial charge in [0.05, 0.1) is 12.3 Å². The van der Waals surface area contributed by atoms with Crippen LogP contribution < -0.4 is 10.2 Å². The molecule has 0 heterocycles. The maximum Gasteiger partial charge on any atom is 0.271 e. The number of nitrogens with one attached hydrogen (secondary N) is 1. The van der Waals surface area contributed by atoms with Crippen molar-refractivity contribution in [3.05, 3.63) is 64.7 Å². The monoisotopic (exact) mass is 316 g/mol. The van der Waals surface area contributed by atoms with Gasteiger partial charge in [-0.15, -0.1) is 0 Å². The zero-order valence-corrected chi connectivity index (χ0v) is 13.2. The van der Waals surface area contributed by atoms with Gasteiger partial charge in [-0.2, -0.15) is 5.10 Å². The Hall–Kier alpha value is -2.33. The average Bonchev–Trinajstić information content (AvgIpc) is 2.54. The highest BCUT2D eigenvalue weighted by Gasteiger charge is 2.05. The molecule has 0 aliphatic carbocycles. The van der Waals surface area contributed by atoms with E-state index in [-0.39, 0.29) is 5.91 Å². The van der Waals surface area contributed by atoms with Crippen LogP contribution >= 0.6 is 11.6 Å². The summed E-state index contributed by atoms with van der Waals surface area (Å²) in [6.07, 6.45) is 0. The molecular weight excluding hydrogens is 300 g/mol. The van der Waals surface area contributed by atoms with Gasteiger partial charge in [0, 0.05) is 10.6 Å². The Balaban J connectivity index is 2.01. The number of nitrogens with zero attached hydrogens (tertiary/aromatic N) is 1. The highest BCUT2D eigenvalue weighted by molar-refractivity contribution is 6.30. The molecule has 0 saturated carbocycles. The van der Waals surface area contributed by atoms with Crippen molar-refractivity contribution in [1.29, 1.82) is 0 Å². The number of amides is 1. The smallest absolute Gasteiger partial charge is 0.271 e. The number of hydrogen-bond donors (Lipinski definition) is 1. The molecule has 5 heteroatoms. The lowest BCUT2D eigenvalue weighted by Gasteiger charge is -2.05. The fraction of sp³-hybridized carbons (Fsp3) is 0.176. The zero-order chi connectivity index (χ0) is 15.9. The first-order chi connectivity index (χ1) is 10.6. The maximum atomic E-state index is 12.0. The Morgan fingerprint density at radius 3 is 2.27 bits per heavy atom. The zero-order valence-electron chi connectivity index (χ0n) is 12.5. The van der Waals surface area contributed by atoms with Crippen LogP contribution in [0.2, 0.25) is 5.02 Å². The van der Waals surface area contributed by atoms with E-state index in [2.05, 4.69) is 10.5 Å². The average molecular weight is 317 g/mol. The molecule has 1 amide bonds. The van der Waals surface area contributed by atoms with Crippen LogP contribution in [0, 0.1) is 0 Å². The van der Waals surface area contributed by atoms with Crippen molar-refractivity contribution in [3.8, 4) is 5.75 Å². The first kappa shape index (κ1) is 16.0. The van der Waals surface area contributed by atoms with Crippen molar-refractivity contribution in [2.24, 2.45) is 5.10 Å². The first-order valence-corrected chi connectivity index (χ1v) is 7.31. The lowest BCUT2D eigenvalue weighted by molar-refractivity contribution is 0.0955. The second-order valence-corrected chi connectivity index (χ2v) is 5.04. The van der Waals surface area contributed by atoms with Crippen molar-refractivity contribution in [2.45, 2.75) is 13.8 Å². The normalized spacial score (nSPS) is 11.1. The molecule has 0 unspecified atom stereocenters. The Kier molecular flexibility index (Phi) is 5.55. The summed E-state index contributed by atoms with van der Waals surface area (Å²) in [7, 11) is 0. The lowest BCUT2D eigenvalue weighted by atomic mass is 10.1. The fourth-order valence-corrected chi connectivity index (χ4v) is 1.95. The molecule has 114 valence electrons. The summed E-state index contributed by atoms with van der Waals surface area (Å²) in [5, 5.41) is 4.76. The maximum absolute atomic E-state index is 12.0. The molecule has 0 aliphatic rings. The third kappa shape index (κ3) is 4.33. The van der Waals surface area contributed by atoms with Crippen molar-refractivity contribution in [3.63, 3.8) is 0 Å². The quantitative estimate of drug-likeness (QED) is 0.672. The third-order valence-electron chi connectivity index (χ3n) is 3.01. The predicted octanol–water partition coefficient (Wildman–Crippen LogP) is 3.89. The molecule has 2 aromatic rings. The van der Waals surface area contributed by atoms with Gasteiger partial charge >= 0.3 is 0 Å². The lowest BCUT2D eigenvalue weighted by Crippen LogP contribution is -2.19. The largest absolute Gasteiger partial charge is 0.494 e. The molecular formula is C17H17ClN2O2. The molecule has 0 fully saturated rings. The second-order valence-electron chi connectivity index (χ2n) is 4.60. The molecule has 0 saturated heterocycles. The SMILES string of the molecule is CCOc1ccc(C(=O)N/N=C(\C)c2ccc(Cl)cc2)cc1. The molecule has 0 spiro atoms. The van der Waals surface area contributed by atoms with E-state index in [4.69, 9.17) is 16.3 Å². The summed E-state index contributed by atoms with van der Waals surface area (Å²) in [5.41, 5.74) is 4.67. The third-order valence-corrected chi connectivity index (χ3v) is 3.27. The summed E-state index contributed by atoms with van der Waals surface area (Å²) in [6, 6.07) is 14.2. The number of hydrogen-bond acceptors (Lipinski definition) is 3. The van der Waals surface area contributed by atoms with Gasteiger partial charge < -0.3 is 4.74 Å². The molecule has 0 radical (unpaired) electrons. The van der Waals surface area contributed by atoms with Crippen molar-refractivity contribution < 1.29 is 9.53 Å². The molecule has 2 rings (SSSR count). The Morgan fingerprint density at radius 2 is 1.68 bits per heavy atom. The second kappa shape index (κ2) is 7.61. The van der Waals surface area contributed by atoms with E-state index in [1.165, 1.54) is 0 Å². The van der Waals surface area contributed by atoms with Crippen LogP contribution in [-0.2, 0) is 0 Å². The summed E-state index contributed by atoms with van der Waals surface area (Å²) in [5.74, 6) is 0.469. The van der Waals surface area contributed by atoms with Gasteiger partial charge in [0.25, 0.3) is 5.91 Å². The molecule has 0 bridgehead atoms. The summed E-state index contributed by atoms with van der Waals surface area (Å²) < 4.78 is 5.34. The van der Waals surface area contributed by atoms with E-state index >= 15 is 0 Å². The van der Waals surface area contributed by atoms with Crippen LogP contribution in [0.3, 0.4) is 0 Å². The fourth-order valence-electron chi connectivity index (χ4n) is 1.82. The number of halogens is 1. The predicted molar refractivity (Wildman–Crippen MR) is 88.7 cm³/mol. The Morgan fingerprint density at radius 1 is 1.09 bits per heavy atom.